The standard InChI is InChI=1S/C21H21N3O4/c1-3-10-22-17-9-8-14(21(27)28)11-18(17)23-20(26)16-12-24(13(2)25)19-7-5-4-6-15(16)19/h4-9,11-12,22H,3,10H2,1-2H3,(H,23,26)(H,27,28). The fraction of sp³-hybridized carbons (Fsp3) is 0.190. The number of carbonyl (C=O) groups excluding carboxylic acids is 2. The van der Waals surface area contributed by atoms with Crippen LogP contribution in [0, 0.1) is 0 Å². The minimum Gasteiger partial charge on any atom is -0.478 e. The summed E-state index contributed by atoms with van der Waals surface area (Å²) in [4.78, 5) is 36.2. The summed E-state index contributed by atoms with van der Waals surface area (Å²) in [6, 6.07) is 11.7. The van der Waals surface area contributed by atoms with Gasteiger partial charge in [-0.25, -0.2) is 4.79 Å². The first-order chi connectivity index (χ1) is 13.4. The molecule has 0 aliphatic carbocycles. The van der Waals surface area contributed by atoms with Crippen LogP contribution in [0.2, 0.25) is 0 Å². The summed E-state index contributed by atoms with van der Waals surface area (Å²) in [6.07, 6.45) is 2.38. The topological polar surface area (TPSA) is 100 Å². The maximum absolute atomic E-state index is 13.0. The van der Waals surface area contributed by atoms with Crippen molar-refractivity contribution in [2.45, 2.75) is 20.3 Å². The third-order valence-corrected chi connectivity index (χ3v) is 4.38. The van der Waals surface area contributed by atoms with Gasteiger partial charge in [0.15, 0.2) is 0 Å². The van der Waals surface area contributed by atoms with Crippen molar-refractivity contribution in [2.75, 3.05) is 17.2 Å². The smallest absolute Gasteiger partial charge is 0.335 e. The SMILES string of the molecule is CCCNc1ccc(C(=O)O)cc1NC(=O)c1cn(C(C)=O)c2ccccc12. The van der Waals surface area contributed by atoms with Crippen LogP contribution >= 0.6 is 0 Å². The van der Waals surface area contributed by atoms with E-state index in [2.05, 4.69) is 10.6 Å². The molecule has 0 bridgehead atoms. The zero-order valence-corrected chi connectivity index (χ0v) is 15.7. The van der Waals surface area contributed by atoms with Crippen LogP contribution in [0.1, 0.15) is 45.8 Å². The Hall–Kier alpha value is -3.61. The highest BCUT2D eigenvalue weighted by Crippen LogP contribution is 2.27. The van der Waals surface area contributed by atoms with E-state index in [0.29, 0.717) is 34.4 Å². The average molecular weight is 379 g/mol. The molecule has 3 aromatic rings. The van der Waals surface area contributed by atoms with E-state index in [4.69, 9.17) is 0 Å². The molecule has 144 valence electrons. The van der Waals surface area contributed by atoms with Crippen molar-refractivity contribution in [1.82, 2.24) is 4.57 Å². The van der Waals surface area contributed by atoms with E-state index in [9.17, 15) is 19.5 Å². The lowest BCUT2D eigenvalue weighted by molar-refractivity contribution is 0.0696. The molecule has 0 fully saturated rings. The van der Waals surface area contributed by atoms with Crippen LogP contribution in [0.4, 0.5) is 11.4 Å². The summed E-state index contributed by atoms with van der Waals surface area (Å²) >= 11 is 0. The van der Waals surface area contributed by atoms with Crippen molar-refractivity contribution >= 4 is 40.1 Å². The molecule has 0 aliphatic rings. The van der Waals surface area contributed by atoms with Gasteiger partial charge in [0, 0.05) is 25.1 Å². The van der Waals surface area contributed by atoms with Gasteiger partial charge < -0.3 is 15.7 Å². The van der Waals surface area contributed by atoms with Gasteiger partial charge in [0.25, 0.3) is 5.91 Å². The van der Waals surface area contributed by atoms with E-state index in [1.807, 2.05) is 6.92 Å². The number of para-hydroxylation sites is 1. The number of amides is 1. The summed E-state index contributed by atoms with van der Waals surface area (Å²) in [5, 5.41) is 15.9. The second-order valence-corrected chi connectivity index (χ2v) is 6.40. The minimum absolute atomic E-state index is 0.0727. The van der Waals surface area contributed by atoms with E-state index in [-0.39, 0.29) is 11.5 Å². The average Bonchev–Trinajstić information content (AvgIpc) is 3.07. The predicted octanol–water partition coefficient (Wildman–Crippen LogP) is 4.07. The maximum atomic E-state index is 13.0. The summed E-state index contributed by atoms with van der Waals surface area (Å²) in [6.45, 7) is 4.11. The molecule has 0 aliphatic heterocycles. The summed E-state index contributed by atoms with van der Waals surface area (Å²) in [5.41, 5.74) is 2.06. The van der Waals surface area contributed by atoms with E-state index in [1.54, 1.807) is 30.3 Å². The lowest BCUT2D eigenvalue weighted by atomic mass is 10.1. The van der Waals surface area contributed by atoms with Crippen LogP contribution in [0.5, 0.6) is 0 Å². The summed E-state index contributed by atoms with van der Waals surface area (Å²) < 4.78 is 1.42. The normalized spacial score (nSPS) is 10.6. The number of hydrogen-bond donors (Lipinski definition) is 3. The molecule has 0 saturated heterocycles. The zero-order valence-electron chi connectivity index (χ0n) is 15.7. The molecule has 0 radical (unpaired) electrons. The molecule has 0 atom stereocenters. The Morgan fingerprint density at radius 3 is 2.50 bits per heavy atom. The molecular weight excluding hydrogens is 358 g/mol. The van der Waals surface area contributed by atoms with Gasteiger partial charge in [-0.05, 0) is 30.7 Å². The van der Waals surface area contributed by atoms with Crippen molar-refractivity contribution in [3.63, 3.8) is 0 Å². The van der Waals surface area contributed by atoms with Crippen LogP contribution in [0.15, 0.2) is 48.7 Å². The Labute approximate surface area is 162 Å². The number of fused-ring (bicyclic) bond motifs is 1. The largest absolute Gasteiger partial charge is 0.478 e. The number of benzene rings is 2. The highest BCUT2D eigenvalue weighted by Gasteiger charge is 2.18. The Kier molecular flexibility index (Phi) is 5.44. The van der Waals surface area contributed by atoms with Crippen LogP contribution in [0.25, 0.3) is 10.9 Å². The Morgan fingerprint density at radius 2 is 1.82 bits per heavy atom. The first kappa shape index (κ1) is 19.2. The summed E-state index contributed by atoms with van der Waals surface area (Å²) in [7, 11) is 0. The van der Waals surface area contributed by atoms with Crippen LogP contribution in [-0.2, 0) is 0 Å². The van der Waals surface area contributed by atoms with E-state index in [1.165, 1.54) is 29.8 Å². The lowest BCUT2D eigenvalue weighted by Gasteiger charge is -2.13. The molecule has 0 saturated carbocycles. The molecule has 0 spiro atoms. The Morgan fingerprint density at radius 1 is 1.07 bits per heavy atom. The third kappa shape index (κ3) is 3.73. The van der Waals surface area contributed by atoms with Gasteiger partial charge in [-0.15, -0.1) is 0 Å². The van der Waals surface area contributed by atoms with Crippen molar-refractivity contribution in [2.24, 2.45) is 0 Å². The molecule has 3 N–H and O–H groups in total. The number of rotatable bonds is 6. The molecule has 1 aromatic heterocycles. The number of nitrogens with zero attached hydrogens (tertiary/aromatic N) is 1. The number of carboxylic acid groups (broad SMARTS) is 1. The molecule has 1 amide bonds. The second kappa shape index (κ2) is 7.96. The number of carbonyl (C=O) groups is 3. The zero-order chi connectivity index (χ0) is 20.3. The molecule has 28 heavy (non-hydrogen) atoms. The van der Waals surface area contributed by atoms with E-state index >= 15 is 0 Å². The third-order valence-electron chi connectivity index (χ3n) is 4.38. The highest BCUT2D eigenvalue weighted by molar-refractivity contribution is 6.15. The number of aromatic nitrogens is 1. The van der Waals surface area contributed by atoms with E-state index in [0.717, 1.165) is 6.42 Å². The Bertz CT molecular complexity index is 1070. The highest BCUT2D eigenvalue weighted by atomic mass is 16.4. The molecular formula is C21H21N3O4. The minimum atomic E-state index is -1.08. The first-order valence-corrected chi connectivity index (χ1v) is 8.96. The molecule has 7 heteroatoms. The number of anilines is 2. The fourth-order valence-electron chi connectivity index (χ4n) is 3.01. The predicted molar refractivity (Wildman–Crippen MR) is 108 cm³/mol. The number of nitrogens with one attached hydrogen (secondary N) is 2. The van der Waals surface area contributed by atoms with Gasteiger partial charge in [0.1, 0.15) is 0 Å². The van der Waals surface area contributed by atoms with Crippen LogP contribution in [-0.4, -0.2) is 34.0 Å². The monoisotopic (exact) mass is 379 g/mol. The first-order valence-electron chi connectivity index (χ1n) is 8.96. The van der Waals surface area contributed by atoms with Crippen LogP contribution in [0.3, 0.4) is 0 Å². The van der Waals surface area contributed by atoms with Crippen molar-refractivity contribution in [3.8, 4) is 0 Å². The number of carboxylic acids is 1. The molecule has 0 unspecified atom stereocenters. The van der Waals surface area contributed by atoms with Gasteiger partial charge >= 0.3 is 5.97 Å². The molecule has 7 nitrogen and oxygen atoms in total. The molecule has 3 rings (SSSR count). The van der Waals surface area contributed by atoms with Crippen molar-refractivity contribution in [3.05, 3.63) is 59.8 Å². The van der Waals surface area contributed by atoms with Crippen LogP contribution < -0.4 is 10.6 Å². The second-order valence-electron chi connectivity index (χ2n) is 6.40. The van der Waals surface area contributed by atoms with Crippen molar-refractivity contribution < 1.29 is 19.5 Å². The van der Waals surface area contributed by atoms with Gasteiger partial charge in [0.2, 0.25) is 5.91 Å². The molecule has 1 heterocycles. The van der Waals surface area contributed by atoms with Gasteiger partial charge in [-0.3, -0.25) is 14.2 Å². The van der Waals surface area contributed by atoms with Crippen molar-refractivity contribution in [1.29, 1.82) is 0 Å². The quantitative estimate of drug-likeness (QED) is 0.599. The van der Waals surface area contributed by atoms with Gasteiger partial charge in [-0.1, -0.05) is 25.1 Å². The van der Waals surface area contributed by atoms with E-state index < -0.39 is 11.9 Å². The summed E-state index contributed by atoms with van der Waals surface area (Å²) in [5.74, 6) is -1.70. The number of aromatic carboxylic acids is 1. The van der Waals surface area contributed by atoms with Gasteiger partial charge in [0.05, 0.1) is 28.0 Å². The Balaban J connectivity index is 2.01. The maximum Gasteiger partial charge on any atom is 0.335 e. The molecule has 2 aromatic carbocycles. The van der Waals surface area contributed by atoms with Gasteiger partial charge in [-0.2, -0.15) is 0 Å². The number of hydrogen-bond acceptors (Lipinski definition) is 4. The lowest BCUT2D eigenvalue weighted by Crippen LogP contribution is -2.15. The fourth-order valence-corrected chi connectivity index (χ4v) is 3.01.